The highest BCUT2D eigenvalue weighted by atomic mass is 19.4. The van der Waals surface area contributed by atoms with Crippen LogP contribution in [0.5, 0.6) is 5.75 Å². The molecule has 0 aromatic heterocycles. The summed E-state index contributed by atoms with van der Waals surface area (Å²) in [5.41, 5.74) is -1.20. The molecule has 0 bridgehead atoms. The van der Waals surface area contributed by atoms with Crippen molar-refractivity contribution in [1.82, 2.24) is 0 Å². The normalized spacial score (nSPS) is 13.3. The molecule has 1 aromatic rings. The van der Waals surface area contributed by atoms with E-state index in [0.717, 1.165) is 37.8 Å². The predicted molar refractivity (Wildman–Crippen MR) is 73.9 cm³/mol. The van der Waals surface area contributed by atoms with E-state index in [1.165, 1.54) is 6.07 Å². The van der Waals surface area contributed by atoms with Crippen molar-refractivity contribution in [1.29, 1.82) is 0 Å². The molecule has 0 saturated carbocycles. The summed E-state index contributed by atoms with van der Waals surface area (Å²) < 4.78 is 56.2. The second-order valence-electron chi connectivity index (χ2n) is 4.99. The van der Waals surface area contributed by atoms with Crippen molar-refractivity contribution in [2.75, 3.05) is 6.61 Å². The molecule has 1 rings (SSSR count). The van der Waals surface area contributed by atoms with Crippen LogP contribution in [0.2, 0.25) is 0 Å². The van der Waals surface area contributed by atoms with Crippen LogP contribution in [0.15, 0.2) is 18.2 Å². The fourth-order valence-corrected chi connectivity index (χ4v) is 1.98. The van der Waals surface area contributed by atoms with E-state index in [0.29, 0.717) is 12.5 Å². The van der Waals surface area contributed by atoms with E-state index in [1.807, 2.05) is 6.92 Å². The Labute approximate surface area is 117 Å². The van der Waals surface area contributed by atoms with Gasteiger partial charge in [0.25, 0.3) is 0 Å². The van der Waals surface area contributed by atoms with E-state index in [9.17, 15) is 17.3 Å². The van der Waals surface area contributed by atoms with Crippen molar-refractivity contribution in [2.45, 2.75) is 39.5 Å². The first-order chi connectivity index (χ1) is 9.38. The topological polar surface area (TPSA) is 9.23 Å². The van der Waals surface area contributed by atoms with E-state index >= 15 is 0 Å². The van der Waals surface area contributed by atoms with Crippen molar-refractivity contribution in [3.63, 3.8) is 0 Å². The highest BCUT2D eigenvalue weighted by Gasteiger charge is 2.29. The number of ether oxygens (including phenoxy) is 1. The minimum absolute atomic E-state index is 0.154. The summed E-state index contributed by atoms with van der Waals surface area (Å²) in [5.74, 6) is -0.762. The lowest BCUT2D eigenvalue weighted by molar-refractivity contribution is 0.232. The Morgan fingerprint density at radius 2 is 1.90 bits per heavy atom. The third-order valence-electron chi connectivity index (χ3n) is 3.35. The summed E-state index contributed by atoms with van der Waals surface area (Å²) >= 11 is 0. The highest BCUT2D eigenvalue weighted by molar-refractivity contribution is 6.73. The number of unbranched alkanes of at least 4 members (excludes halogenated alkanes) is 1. The molecule has 0 N–H and O–H groups in total. The van der Waals surface area contributed by atoms with Gasteiger partial charge in [0.15, 0.2) is 0 Å². The van der Waals surface area contributed by atoms with Gasteiger partial charge in [-0.2, -0.15) is 0 Å². The van der Waals surface area contributed by atoms with Crippen molar-refractivity contribution in [2.24, 2.45) is 5.92 Å². The second-order valence-corrected chi connectivity index (χ2v) is 4.99. The van der Waals surface area contributed by atoms with Gasteiger partial charge in [-0.15, -0.1) is 0 Å². The molecule has 0 spiro atoms. The Morgan fingerprint density at radius 1 is 1.20 bits per heavy atom. The number of hydrogen-bond donors (Lipinski definition) is 0. The van der Waals surface area contributed by atoms with Gasteiger partial charge >= 0.3 is 6.98 Å². The molecule has 1 nitrogen and oxygen atoms in total. The van der Waals surface area contributed by atoms with Gasteiger partial charge < -0.3 is 17.7 Å². The van der Waals surface area contributed by atoms with Crippen LogP contribution in [0.25, 0.3) is 0 Å². The molecule has 0 saturated heterocycles. The fraction of sp³-hybridized carbons (Fsp3) is 0.571. The molecule has 6 heteroatoms. The molecule has 0 aliphatic heterocycles. The number of benzene rings is 1. The van der Waals surface area contributed by atoms with Crippen LogP contribution in [0, 0.1) is 11.7 Å². The van der Waals surface area contributed by atoms with Crippen LogP contribution >= 0.6 is 0 Å². The second kappa shape index (κ2) is 7.55. The molecular weight excluding hydrogens is 271 g/mol. The number of halogens is 4. The molecule has 0 radical (unpaired) electrons. The first-order valence-corrected chi connectivity index (χ1v) is 7.00. The molecule has 0 heterocycles. The minimum Gasteiger partial charge on any atom is -0.493 e. The molecule has 1 unspecified atom stereocenters. The Kier molecular flexibility index (Phi) is 6.36. The first kappa shape index (κ1) is 16.9. The van der Waals surface area contributed by atoms with Crippen molar-refractivity contribution < 1.29 is 22.1 Å². The maximum Gasteiger partial charge on any atom is 0.512 e. The molecule has 20 heavy (non-hydrogen) atoms. The summed E-state index contributed by atoms with van der Waals surface area (Å²) in [7, 11) is 0. The fourth-order valence-electron chi connectivity index (χ4n) is 1.98. The lowest BCUT2D eigenvalue weighted by atomic mass is 9.80. The summed E-state index contributed by atoms with van der Waals surface area (Å²) in [6, 6.07) is 2.75. The number of rotatable bonds is 8. The van der Waals surface area contributed by atoms with Crippen molar-refractivity contribution >= 4 is 12.4 Å². The third-order valence-corrected chi connectivity index (χ3v) is 3.35. The van der Waals surface area contributed by atoms with Gasteiger partial charge in [-0.3, -0.25) is 0 Å². The maximum absolute atomic E-state index is 13.4. The van der Waals surface area contributed by atoms with Crippen LogP contribution in [-0.4, -0.2) is 13.6 Å². The standard InChI is InChI=1S/C14H20BF4O/c1-3-5-6-11(4-2)10-20-12-7-8-13(14(16)9-12)15(17,18)19/h7-9,11H,3-6,10H2,1-2H3/q-1. The minimum atomic E-state index is -5.31. The SMILES string of the molecule is CCCCC(CC)COc1ccc([B-](F)(F)F)c(F)c1. The van der Waals surface area contributed by atoms with E-state index < -0.39 is 18.3 Å². The molecule has 1 aromatic carbocycles. The van der Waals surface area contributed by atoms with E-state index in [-0.39, 0.29) is 5.75 Å². The van der Waals surface area contributed by atoms with Crippen molar-refractivity contribution in [3.05, 3.63) is 24.0 Å². The lowest BCUT2D eigenvalue weighted by Gasteiger charge is -2.18. The molecule has 0 aliphatic rings. The number of hydrogen-bond acceptors (Lipinski definition) is 1. The molecule has 1 atom stereocenters. The molecule has 0 amide bonds. The van der Waals surface area contributed by atoms with Gasteiger partial charge in [-0.05, 0) is 18.4 Å². The van der Waals surface area contributed by atoms with Crippen LogP contribution in [-0.2, 0) is 0 Å². The zero-order valence-corrected chi connectivity index (χ0v) is 11.8. The summed E-state index contributed by atoms with van der Waals surface area (Å²) in [6.07, 6.45) is 4.13. The quantitative estimate of drug-likeness (QED) is 0.507. The zero-order valence-electron chi connectivity index (χ0n) is 11.8. The van der Waals surface area contributed by atoms with Crippen LogP contribution in [0.4, 0.5) is 17.3 Å². The maximum atomic E-state index is 13.4. The Morgan fingerprint density at radius 3 is 2.40 bits per heavy atom. The Hall–Kier alpha value is -1.20. The van der Waals surface area contributed by atoms with Gasteiger partial charge in [0.2, 0.25) is 0 Å². The van der Waals surface area contributed by atoms with Crippen LogP contribution in [0.3, 0.4) is 0 Å². The van der Waals surface area contributed by atoms with Crippen LogP contribution < -0.4 is 10.2 Å². The highest BCUT2D eigenvalue weighted by Crippen LogP contribution is 2.19. The average Bonchev–Trinajstić information content (AvgIpc) is 2.37. The first-order valence-electron chi connectivity index (χ1n) is 7.00. The molecule has 114 valence electrons. The summed E-state index contributed by atoms with van der Waals surface area (Å²) in [4.78, 5) is 0. The molecule has 0 aliphatic carbocycles. The molecular formula is C14H20BF4O-. The van der Waals surface area contributed by atoms with Gasteiger partial charge in [0.05, 0.1) is 12.4 Å². The summed E-state index contributed by atoms with van der Waals surface area (Å²) in [6.45, 7) is -0.766. The van der Waals surface area contributed by atoms with Gasteiger partial charge in [0.1, 0.15) is 5.75 Å². The predicted octanol–water partition coefficient (Wildman–Crippen LogP) is 4.48. The largest absolute Gasteiger partial charge is 0.512 e. The molecule has 0 fully saturated rings. The smallest absolute Gasteiger partial charge is 0.493 e. The van der Waals surface area contributed by atoms with Crippen LogP contribution in [0.1, 0.15) is 39.5 Å². The third kappa shape index (κ3) is 5.06. The van der Waals surface area contributed by atoms with Crippen molar-refractivity contribution in [3.8, 4) is 5.75 Å². The van der Waals surface area contributed by atoms with E-state index in [2.05, 4.69) is 6.92 Å². The van der Waals surface area contributed by atoms with Gasteiger partial charge in [0, 0.05) is 6.07 Å². The van der Waals surface area contributed by atoms with Gasteiger partial charge in [-0.1, -0.05) is 44.6 Å². The lowest BCUT2D eigenvalue weighted by Crippen LogP contribution is -2.36. The monoisotopic (exact) mass is 291 g/mol. The zero-order chi connectivity index (χ0) is 15.2. The average molecular weight is 291 g/mol. The van der Waals surface area contributed by atoms with E-state index in [1.54, 1.807) is 0 Å². The Balaban J connectivity index is 2.63. The van der Waals surface area contributed by atoms with E-state index in [4.69, 9.17) is 4.74 Å². The van der Waals surface area contributed by atoms with Gasteiger partial charge in [-0.25, -0.2) is 4.39 Å². The Bertz CT molecular complexity index is 420. The summed E-state index contributed by atoms with van der Waals surface area (Å²) in [5, 5.41) is 0.